The van der Waals surface area contributed by atoms with Crippen LogP contribution >= 0.6 is 23.5 Å². The molecule has 0 amide bonds. The Labute approximate surface area is 135 Å². The molecule has 0 N–H and O–H groups in total. The Morgan fingerprint density at radius 3 is 1.68 bits per heavy atom. The van der Waals surface area contributed by atoms with Crippen LogP contribution in [0.2, 0.25) is 13.3 Å². The van der Waals surface area contributed by atoms with Crippen LogP contribution in [0.1, 0.15) is 67.1 Å². The summed E-state index contributed by atoms with van der Waals surface area (Å²) < 4.78 is 13.7. The molecule has 114 valence electrons. The van der Waals surface area contributed by atoms with Crippen molar-refractivity contribution in [2.75, 3.05) is 11.5 Å². The van der Waals surface area contributed by atoms with Crippen LogP contribution in [0.5, 0.6) is 0 Å². The number of hydrogen-bond donors (Lipinski definition) is 0. The van der Waals surface area contributed by atoms with Gasteiger partial charge in [-0.1, -0.05) is 0 Å². The summed E-state index contributed by atoms with van der Waals surface area (Å²) >= 11 is 1.71. The van der Waals surface area contributed by atoms with E-state index in [9.17, 15) is 1.37 Å². The molecule has 0 nitrogen and oxygen atoms in total. The van der Waals surface area contributed by atoms with Crippen molar-refractivity contribution in [2.45, 2.75) is 81.6 Å². The van der Waals surface area contributed by atoms with E-state index in [1.807, 2.05) is 23.5 Å². The van der Waals surface area contributed by atoms with E-state index in [-0.39, 0.29) is 2.57 Å². The molecule has 0 spiro atoms. The molecule has 0 saturated carbocycles. The third kappa shape index (κ3) is 6.42. The first-order chi connectivity index (χ1) is 9.64. The summed E-state index contributed by atoms with van der Waals surface area (Å²) in [6.07, 6.45) is 9.47. The van der Waals surface area contributed by atoms with E-state index in [4.69, 9.17) is 0 Å². The minimum absolute atomic E-state index is 0.0631. The molecule has 1 aliphatic rings. The van der Waals surface area contributed by atoms with Gasteiger partial charge in [0.05, 0.1) is 0 Å². The summed E-state index contributed by atoms with van der Waals surface area (Å²) in [6.45, 7) is 6.98. The van der Waals surface area contributed by atoms with Crippen LogP contribution in [0.4, 0.5) is 0 Å². The number of rotatable bonds is 10. The second-order valence-electron chi connectivity index (χ2n) is 5.93. The average molecular weight is 410 g/mol. The van der Waals surface area contributed by atoms with Crippen molar-refractivity contribution in [3.05, 3.63) is 0 Å². The molecule has 0 aromatic rings. The molecule has 0 bridgehead atoms. The molecule has 0 atom stereocenters. The predicted molar refractivity (Wildman–Crippen MR) is 98.2 cm³/mol. The van der Waals surface area contributed by atoms with Crippen molar-refractivity contribution >= 4 is 41.9 Å². The molecule has 1 fully saturated rings. The third-order valence-electron chi connectivity index (χ3n) is 4.21. The summed E-state index contributed by atoms with van der Waals surface area (Å²) in [4.78, 5) is 0. The van der Waals surface area contributed by atoms with Crippen LogP contribution in [-0.2, 0) is 0 Å². The molecule has 0 radical (unpaired) electrons. The molecule has 0 aliphatic carbocycles. The van der Waals surface area contributed by atoms with Crippen LogP contribution in [-0.4, -0.2) is 32.5 Å². The van der Waals surface area contributed by atoms with Gasteiger partial charge in [-0.05, 0) is 0 Å². The van der Waals surface area contributed by atoms with E-state index in [0.29, 0.717) is 0 Å². The second kappa shape index (κ2) is 11.1. The Morgan fingerprint density at radius 1 is 0.895 bits per heavy atom. The first kappa shape index (κ1) is 16.9. The summed E-state index contributed by atoms with van der Waals surface area (Å²) in [6, 6.07) is 0. The SMILES string of the molecule is [2H][C]1([Sn]([CH2]CCC)([CH2]CCC)[CH2]CCC)SCCCS1. The van der Waals surface area contributed by atoms with Crippen molar-refractivity contribution in [3.8, 4) is 0 Å². The molecule has 3 heteroatoms. The van der Waals surface area contributed by atoms with Crippen molar-refractivity contribution in [2.24, 2.45) is 0 Å². The maximum absolute atomic E-state index is 9.28. The Kier molecular flexibility index (Phi) is 9.87. The minimum atomic E-state index is -2.38. The van der Waals surface area contributed by atoms with Gasteiger partial charge in [-0.2, -0.15) is 0 Å². The van der Waals surface area contributed by atoms with Gasteiger partial charge in [-0.3, -0.25) is 0 Å². The molecule has 19 heavy (non-hydrogen) atoms. The van der Waals surface area contributed by atoms with Gasteiger partial charge < -0.3 is 0 Å². The van der Waals surface area contributed by atoms with E-state index in [0.717, 1.165) is 0 Å². The van der Waals surface area contributed by atoms with Gasteiger partial charge in [0.15, 0.2) is 0 Å². The van der Waals surface area contributed by atoms with Gasteiger partial charge in [0.1, 0.15) is 0 Å². The fourth-order valence-electron chi connectivity index (χ4n) is 2.96. The van der Waals surface area contributed by atoms with Crippen LogP contribution in [0.15, 0.2) is 0 Å². The predicted octanol–water partition coefficient (Wildman–Crippen LogP) is 6.57. The summed E-state index contributed by atoms with van der Waals surface area (Å²) in [7, 11) is 0. The van der Waals surface area contributed by atoms with E-state index in [1.54, 1.807) is 0 Å². The quantitative estimate of drug-likeness (QED) is 0.374. The topological polar surface area (TPSA) is 0 Å². The molecule has 1 rings (SSSR count). The van der Waals surface area contributed by atoms with Crippen LogP contribution < -0.4 is 0 Å². The first-order valence-corrected chi connectivity index (χ1v) is 17.9. The summed E-state index contributed by atoms with van der Waals surface area (Å²) in [5, 5.41) is 0. The number of unbranched alkanes of at least 4 members (excludes halogenated alkanes) is 3. The van der Waals surface area contributed by atoms with Crippen molar-refractivity contribution in [1.29, 1.82) is 0 Å². The molecule has 0 aromatic heterocycles. The zero-order valence-corrected chi connectivity index (χ0v) is 17.8. The Bertz CT molecular complexity index is 233. The van der Waals surface area contributed by atoms with Gasteiger partial charge in [0, 0.05) is 0 Å². The summed E-state index contributed by atoms with van der Waals surface area (Å²) in [5.74, 6) is 2.50. The average Bonchev–Trinajstić information content (AvgIpc) is 2.47. The van der Waals surface area contributed by atoms with Crippen LogP contribution in [0.25, 0.3) is 0 Å². The zero-order chi connectivity index (χ0) is 14.9. The van der Waals surface area contributed by atoms with E-state index < -0.39 is 18.4 Å². The van der Waals surface area contributed by atoms with E-state index in [1.165, 1.54) is 69.8 Å². The van der Waals surface area contributed by atoms with Gasteiger partial charge in [-0.25, -0.2) is 0 Å². The van der Waals surface area contributed by atoms with Crippen molar-refractivity contribution < 1.29 is 1.37 Å². The monoisotopic (exact) mass is 411 g/mol. The van der Waals surface area contributed by atoms with Gasteiger partial charge in [0.25, 0.3) is 0 Å². The van der Waals surface area contributed by atoms with Gasteiger partial charge >= 0.3 is 136 Å². The Balaban J connectivity index is 2.90. The first-order valence-electron chi connectivity index (χ1n) is 8.92. The number of hydrogen-bond acceptors (Lipinski definition) is 2. The molecular formula is C16H34S2Sn. The third-order valence-corrected chi connectivity index (χ3v) is 28.4. The van der Waals surface area contributed by atoms with Crippen LogP contribution in [0, 0.1) is 0 Å². The van der Waals surface area contributed by atoms with Gasteiger partial charge in [0.2, 0.25) is 0 Å². The fraction of sp³-hybridized carbons (Fsp3) is 1.00. The molecule has 1 heterocycles. The van der Waals surface area contributed by atoms with Crippen LogP contribution in [0.3, 0.4) is 0 Å². The molecule has 0 unspecified atom stereocenters. The second-order valence-corrected chi connectivity index (χ2v) is 23.5. The summed E-state index contributed by atoms with van der Waals surface area (Å²) in [5.41, 5.74) is 0. The molecule has 0 aromatic carbocycles. The van der Waals surface area contributed by atoms with E-state index in [2.05, 4.69) is 20.8 Å². The Hall–Kier alpha value is 1.50. The number of thioether (sulfide) groups is 2. The van der Waals surface area contributed by atoms with Gasteiger partial charge in [-0.15, -0.1) is 0 Å². The fourth-order valence-corrected chi connectivity index (χ4v) is 29.3. The van der Waals surface area contributed by atoms with E-state index >= 15 is 0 Å². The maximum atomic E-state index is 9.28. The standard InChI is InChI=1S/C4H7S2.3C4H9.Sn/c1-2-5-4-6-3-1;3*1-3-4-2;/h4H,1-3H2;3*1,3-4H2,2H3;/i4D;;;;. The molecular weight excluding hydrogens is 375 g/mol. The normalized spacial score (nSPS) is 20.3. The van der Waals surface area contributed by atoms with Crippen molar-refractivity contribution in [1.82, 2.24) is 0 Å². The molecule has 1 aliphatic heterocycles. The molecule has 1 saturated heterocycles. The van der Waals surface area contributed by atoms with Crippen molar-refractivity contribution in [3.63, 3.8) is 0 Å². The zero-order valence-electron chi connectivity index (χ0n) is 14.3. The Morgan fingerprint density at radius 2 is 1.32 bits per heavy atom.